The van der Waals surface area contributed by atoms with Gasteiger partial charge in [-0.1, -0.05) is 6.08 Å². The Morgan fingerprint density at radius 1 is 1.44 bits per heavy atom. The number of amides is 2. The van der Waals surface area contributed by atoms with Crippen molar-refractivity contribution in [3.05, 3.63) is 46.5 Å². The van der Waals surface area contributed by atoms with Crippen molar-refractivity contribution in [1.82, 2.24) is 5.32 Å². The van der Waals surface area contributed by atoms with Crippen LogP contribution in [0.2, 0.25) is 0 Å². The number of benzene rings is 1. The number of nitrogens with zero attached hydrogens (tertiary/aromatic N) is 1. The summed E-state index contributed by atoms with van der Waals surface area (Å²) in [6.45, 7) is 3.49. The van der Waals surface area contributed by atoms with Gasteiger partial charge in [0.25, 0.3) is 5.69 Å². The van der Waals surface area contributed by atoms with E-state index in [1.54, 1.807) is 6.08 Å². The monoisotopic (exact) mass is 367 g/mol. The number of carbonyl (C=O) groups is 3. The van der Waals surface area contributed by atoms with Crippen molar-refractivity contribution in [2.75, 3.05) is 5.75 Å². The minimum atomic E-state index is -1.17. The quantitative estimate of drug-likeness (QED) is 0.244. The van der Waals surface area contributed by atoms with Gasteiger partial charge in [0.1, 0.15) is 6.04 Å². The second-order valence-electron chi connectivity index (χ2n) is 4.92. The number of nitro benzene ring substituents is 1. The molecule has 1 rings (SSSR count). The summed E-state index contributed by atoms with van der Waals surface area (Å²) >= 11 is 0.863. The van der Waals surface area contributed by atoms with Crippen molar-refractivity contribution in [1.29, 1.82) is 0 Å². The largest absolute Gasteiger partial charge is 0.480 e. The van der Waals surface area contributed by atoms with E-state index in [0.717, 1.165) is 17.8 Å². The van der Waals surface area contributed by atoms with Gasteiger partial charge < -0.3 is 16.2 Å². The standard InChI is InChI=1S/C15H17N3O6S/c1-2-3-4-10(15(21)22)17-13(19)8-25-12-6-5-9(14(16)20)7-11(12)18(23)24/h2,5-7,10H,1,3-4,8H2,(H2,16,20)(H,17,19)(H,21,22). The highest BCUT2D eigenvalue weighted by atomic mass is 32.2. The lowest BCUT2D eigenvalue weighted by molar-refractivity contribution is -0.387. The number of carbonyl (C=O) groups excluding carboxylic acids is 2. The van der Waals surface area contributed by atoms with Gasteiger partial charge in [0.15, 0.2) is 0 Å². The van der Waals surface area contributed by atoms with E-state index in [-0.39, 0.29) is 28.3 Å². The summed E-state index contributed by atoms with van der Waals surface area (Å²) in [5.74, 6) is -2.76. The summed E-state index contributed by atoms with van der Waals surface area (Å²) in [7, 11) is 0. The first kappa shape index (κ1) is 20.2. The van der Waals surface area contributed by atoms with Crippen molar-refractivity contribution >= 4 is 35.2 Å². The molecule has 0 saturated carbocycles. The maximum Gasteiger partial charge on any atom is 0.326 e. The highest BCUT2D eigenvalue weighted by molar-refractivity contribution is 8.00. The summed E-state index contributed by atoms with van der Waals surface area (Å²) in [6.07, 6.45) is 2.16. The number of hydrogen-bond acceptors (Lipinski definition) is 6. The molecule has 1 atom stereocenters. The molecule has 2 amide bonds. The van der Waals surface area contributed by atoms with E-state index >= 15 is 0 Å². The number of rotatable bonds is 10. The Labute approximate surface area is 147 Å². The topological polar surface area (TPSA) is 153 Å². The van der Waals surface area contributed by atoms with Crippen LogP contribution in [0.3, 0.4) is 0 Å². The van der Waals surface area contributed by atoms with Crippen molar-refractivity contribution in [2.24, 2.45) is 5.73 Å². The lowest BCUT2D eigenvalue weighted by atomic mass is 10.1. The molecule has 9 nitrogen and oxygen atoms in total. The van der Waals surface area contributed by atoms with Gasteiger partial charge in [0, 0.05) is 11.6 Å². The van der Waals surface area contributed by atoms with Gasteiger partial charge in [0.05, 0.1) is 15.6 Å². The number of allylic oxidation sites excluding steroid dienone is 1. The first-order chi connectivity index (χ1) is 11.8. The molecule has 25 heavy (non-hydrogen) atoms. The van der Waals surface area contributed by atoms with Crippen LogP contribution in [-0.4, -0.2) is 39.6 Å². The van der Waals surface area contributed by atoms with Gasteiger partial charge in [-0.05, 0) is 25.0 Å². The average Bonchev–Trinajstić information content (AvgIpc) is 2.55. The maximum atomic E-state index is 11.9. The normalized spacial score (nSPS) is 11.4. The van der Waals surface area contributed by atoms with Gasteiger partial charge in [-0.25, -0.2) is 4.79 Å². The van der Waals surface area contributed by atoms with E-state index in [1.165, 1.54) is 12.1 Å². The van der Waals surface area contributed by atoms with Crippen molar-refractivity contribution < 1.29 is 24.4 Å². The zero-order valence-corrected chi connectivity index (χ0v) is 14.0. The van der Waals surface area contributed by atoms with Gasteiger partial charge in [-0.15, -0.1) is 18.3 Å². The predicted molar refractivity (Wildman–Crippen MR) is 91.3 cm³/mol. The molecule has 0 aromatic heterocycles. The Kier molecular flexibility index (Phi) is 7.60. The van der Waals surface area contributed by atoms with E-state index in [1.807, 2.05) is 0 Å². The molecule has 0 radical (unpaired) electrons. The molecule has 0 fully saturated rings. The fourth-order valence-corrected chi connectivity index (χ4v) is 2.67. The van der Waals surface area contributed by atoms with Crippen LogP contribution in [0.25, 0.3) is 0 Å². The molecule has 0 saturated heterocycles. The summed E-state index contributed by atoms with van der Waals surface area (Å²) in [5.41, 5.74) is 4.71. The molecule has 0 aliphatic carbocycles. The number of nitrogens with one attached hydrogen (secondary N) is 1. The first-order valence-electron chi connectivity index (χ1n) is 7.10. The molecule has 1 unspecified atom stereocenters. The molecular weight excluding hydrogens is 350 g/mol. The smallest absolute Gasteiger partial charge is 0.326 e. The molecular formula is C15H17N3O6S. The Bertz CT molecular complexity index is 707. The highest BCUT2D eigenvalue weighted by Crippen LogP contribution is 2.30. The molecule has 1 aromatic rings. The van der Waals surface area contributed by atoms with E-state index in [9.17, 15) is 24.5 Å². The van der Waals surface area contributed by atoms with Gasteiger partial charge >= 0.3 is 5.97 Å². The van der Waals surface area contributed by atoms with Crippen LogP contribution in [0.15, 0.2) is 35.7 Å². The molecule has 10 heteroatoms. The number of nitro groups is 1. The van der Waals surface area contributed by atoms with Crippen LogP contribution in [0.5, 0.6) is 0 Å². The van der Waals surface area contributed by atoms with Crippen LogP contribution in [0.1, 0.15) is 23.2 Å². The summed E-state index contributed by atoms with van der Waals surface area (Å²) in [6, 6.07) is 2.62. The number of primary amides is 1. The molecule has 0 bridgehead atoms. The van der Waals surface area contributed by atoms with Crippen LogP contribution < -0.4 is 11.1 Å². The van der Waals surface area contributed by atoms with Crippen LogP contribution in [-0.2, 0) is 9.59 Å². The molecule has 0 spiro atoms. The summed E-state index contributed by atoms with van der Waals surface area (Å²) in [4.78, 5) is 44.6. The SMILES string of the molecule is C=CCCC(NC(=O)CSc1ccc(C(N)=O)cc1[N+](=O)[O-])C(=O)O. The average molecular weight is 367 g/mol. The zero-order chi connectivity index (χ0) is 19.0. The predicted octanol–water partition coefficient (Wildman–Crippen LogP) is 1.32. The highest BCUT2D eigenvalue weighted by Gasteiger charge is 2.21. The van der Waals surface area contributed by atoms with Crippen LogP contribution in [0.4, 0.5) is 5.69 Å². The van der Waals surface area contributed by atoms with Gasteiger partial charge in [0.2, 0.25) is 11.8 Å². The Morgan fingerprint density at radius 2 is 2.12 bits per heavy atom. The number of carboxylic acids is 1. The Balaban J connectivity index is 2.78. The second-order valence-corrected chi connectivity index (χ2v) is 5.93. The van der Waals surface area contributed by atoms with Crippen molar-refractivity contribution in [3.63, 3.8) is 0 Å². The number of carboxylic acid groups (broad SMARTS) is 1. The van der Waals surface area contributed by atoms with E-state index in [2.05, 4.69) is 11.9 Å². The van der Waals surface area contributed by atoms with Crippen LogP contribution >= 0.6 is 11.8 Å². The maximum absolute atomic E-state index is 11.9. The fraction of sp³-hybridized carbons (Fsp3) is 0.267. The second kappa shape index (κ2) is 9.42. The minimum absolute atomic E-state index is 0.0177. The van der Waals surface area contributed by atoms with Crippen molar-refractivity contribution in [3.8, 4) is 0 Å². The van der Waals surface area contributed by atoms with E-state index < -0.39 is 28.7 Å². The first-order valence-corrected chi connectivity index (χ1v) is 8.09. The molecule has 1 aromatic carbocycles. The molecule has 0 heterocycles. The summed E-state index contributed by atoms with van der Waals surface area (Å²) < 4.78 is 0. The third-order valence-corrected chi connectivity index (χ3v) is 4.15. The zero-order valence-electron chi connectivity index (χ0n) is 13.1. The molecule has 0 aliphatic heterocycles. The Hall–Kier alpha value is -2.88. The number of nitrogens with two attached hydrogens (primary N) is 1. The summed E-state index contributed by atoms with van der Waals surface area (Å²) in [5, 5.41) is 22.5. The van der Waals surface area contributed by atoms with E-state index in [0.29, 0.717) is 6.42 Å². The van der Waals surface area contributed by atoms with E-state index in [4.69, 9.17) is 10.8 Å². The molecule has 4 N–H and O–H groups in total. The number of hydrogen-bond donors (Lipinski definition) is 3. The lowest BCUT2D eigenvalue weighted by Crippen LogP contribution is -2.41. The lowest BCUT2D eigenvalue weighted by Gasteiger charge is -2.13. The third-order valence-electron chi connectivity index (χ3n) is 3.09. The van der Waals surface area contributed by atoms with Crippen molar-refractivity contribution in [2.45, 2.75) is 23.8 Å². The minimum Gasteiger partial charge on any atom is -0.480 e. The number of thioether (sulfide) groups is 1. The van der Waals surface area contributed by atoms with Gasteiger partial charge in [-0.2, -0.15) is 0 Å². The fourth-order valence-electron chi connectivity index (χ4n) is 1.86. The van der Waals surface area contributed by atoms with Gasteiger partial charge in [-0.3, -0.25) is 19.7 Å². The molecule has 0 aliphatic rings. The third kappa shape index (κ3) is 6.26. The Morgan fingerprint density at radius 3 is 2.64 bits per heavy atom. The van der Waals surface area contributed by atoms with Crippen LogP contribution in [0, 0.1) is 10.1 Å². The number of aliphatic carboxylic acids is 1. The molecule has 134 valence electrons.